The summed E-state index contributed by atoms with van der Waals surface area (Å²) in [6.45, 7) is 0. The molecular weight excluding hydrogens is 433 g/mol. The summed E-state index contributed by atoms with van der Waals surface area (Å²) in [4.78, 5) is 15.2. The summed E-state index contributed by atoms with van der Waals surface area (Å²) in [6, 6.07) is 18.8. The van der Waals surface area contributed by atoms with E-state index in [2.05, 4.69) is 4.98 Å². The van der Waals surface area contributed by atoms with E-state index in [0.717, 1.165) is 27.8 Å². The summed E-state index contributed by atoms with van der Waals surface area (Å²) in [5.41, 5.74) is 5.41. The van der Waals surface area contributed by atoms with Gasteiger partial charge in [-0.05, 0) is 65.6 Å². The summed E-state index contributed by atoms with van der Waals surface area (Å²) >= 11 is 0. The van der Waals surface area contributed by atoms with Crippen molar-refractivity contribution in [2.24, 2.45) is 5.92 Å². The number of fused-ring (bicyclic) bond motifs is 1. The van der Waals surface area contributed by atoms with E-state index in [1.165, 1.54) is 12.5 Å². The molecule has 3 aromatic carbocycles. The number of carbonyl (C=O) groups is 1. The molecule has 2 aliphatic rings. The standard InChI is InChI=1S/C28H22FNO4/c29-24-11-9-19(18-3-1-2-4-20(18)26-14-30-15-33-26)21-10-12-25(27(21)24)34-17-7-5-16(6-8-17)22-13-23(22)28(31)32/h1-9,11,14-15,22-23,25H,10,12-13H2,(H,31,32)/t22?,23?,25-/m1/s1. The molecule has 1 saturated carbocycles. The van der Waals surface area contributed by atoms with Crippen LogP contribution < -0.4 is 4.74 Å². The van der Waals surface area contributed by atoms with Gasteiger partial charge in [0.2, 0.25) is 0 Å². The fourth-order valence-corrected chi connectivity index (χ4v) is 5.12. The van der Waals surface area contributed by atoms with E-state index in [0.29, 0.717) is 36.3 Å². The molecule has 0 spiro atoms. The third-order valence-electron chi connectivity index (χ3n) is 6.89. The summed E-state index contributed by atoms with van der Waals surface area (Å²) in [5.74, 6) is 0.0896. The Morgan fingerprint density at radius 2 is 1.82 bits per heavy atom. The van der Waals surface area contributed by atoms with E-state index in [1.54, 1.807) is 6.20 Å². The highest BCUT2D eigenvalue weighted by atomic mass is 19.1. The zero-order chi connectivity index (χ0) is 23.2. The van der Waals surface area contributed by atoms with Crippen LogP contribution in [0.1, 0.15) is 41.6 Å². The lowest BCUT2D eigenvalue weighted by Crippen LogP contribution is -2.06. The Labute approximate surface area is 195 Å². The second-order valence-corrected chi connectivity index (χ2v) is 8.90. The zero-order valence-corrected chi connectivity index (χ0v) is 18.3. The lowest BCUT2D eigenvalue weighted by molar-refractivity contribution is -0.138. The molecule has 0 radical (unpaired) electrons. The molecule has 6 heteroatoms. The lowest BCUT2D eigenvalue weighted by atomic mass is 9.92. The number of hydrogen-bond donors (Lipinski definition) is 1. The van der Waals surface area contributed by atoms with Crippen LogP contribution in [-0.4, -0.2) is 16.1 Å². The number of oxazole rings is 1. The van der Waals surface area contributed by atoms with Gasteiger partial charge in [-0.1, -0.05) is 42.5 Å². The first kappa shape index (κ1) is 20.7. The molecule has 0 saturated heterocycles. The molecule has 0 amide bonds. The Bertz CT molecular complexity index is 1360. The average molecular weight is 455 g/mol. The molecule has 0 bridgehead atoms. The van der Waals surface area contributed by atoms with E-state index in [1.807, 2.05) is 54.6 Å². The van der Waals surface area contributed by atoms with Crippen LogP contribution in [-0.2, 0) is 11.2 Å². The van der Waals surface area contributed by atoms with Gasteiger partial charge in [0.05, 0.1) is 12.1 Å². The van der Waals surface area contributed by atoms with E-state index >= 15 is 4.39 Å². The van der Waals surface area contributed by atoms with Gasteiger partial charge in [0.25, 0.3) is 0 Å². The lowest BCUT2D eigenvalue weighted by Gasteiger charge is -2.17. The molecule has 1 aromatic heterocycles. The Morgan fingerprint density at radius 3 is 2.53 bits per heavy atom. The van der Waals surface area contributed by atoms with E-state index in [-0.39, 0.29) is 23.8 Å². The third kappa shape index (κ3) is 3.55. The molecule has 34 heavy (non-hydrogen) atoms. The molecule has 1 heterocycles. The summed E-state index contributed by atoms with van der Waals surface area (Å²) in [5, 5.41) is 9.16. The third-order valence-corrected chi connectivity index (χ3v) is 6.89. The van der Waals surface area contributed by atoms with Crippen molar-refractivity contribution >= 4 is 5.97 Å². The fraction of sp³-hybridized carbons (Fsp3) is 0.214. The van der Waals surface area contributed by atoms with E-state index in [4.69, 9.17) is 14.3 Å². The van der Waals surface area contributed by atoms with Gasteiger partial charge in [-0.25, -0.2) is 9.37 Å². The summed E-state index contributed by atoms with van der Waals surface area (Å²) < 4.78 is 26.8. The second kappa shape index (κ2) is 8.13. The van der Waals surface area contributed by atoms with Crippen molar-refractivity contribution in [1.82, 2.24) is 4.98 Å². The molecule has 4 aromatic rings. The molecule has 2 aliphatic carbocycles. The van der Waals surface area contributed by atoms with Crippen LogP contribution in [0, 0.1) is 11.7 Å². The number of carboxylic acid groups (broad SMARTS) is 1. The number of carboxylic acids is 1. The average Bonchev–Trinajstić information content (AvgIpc) is 3.26. The van der Waals surface area contributed by atoms with Gasteiger partial charge in [0.1, 0.15) is 17.7 Å². The van der Waals surface area contributed by atoms with Crippen LogP contribution in [0.2, 0.25) is 0 Å². The number of benzene rings is 3. The second-order valence-electron chi connectivity index (χ2n) is 8.90. The van der Waals surface area contributed by atoms with E-state index in [9.17, 15) is 4.79 Å². The maximum atomic E-state index is 15.0. The molecule has 1 fully saturated rings. The summed E-state index contributed by atoms with van der Waals surface area (Å²) in [6.07, 6.45) is 4.76. The Hall–Kier alpha value is -3.93. The van der Waals surface area contributed by atoms with E-state index < -0.39 is 5.97 Å². The zero-order valence-electron chi connectivity index (χ0n) is 18.3. The smallest absolute Gasteiger partial charge is 0.307 e. The number of halogens is 1. The highest BCUT2D eigenvalue weighted by Crippen LogP contribution is 2.48. The van der Waals surface area contributed by atoms with Gasteiger partial charge >= 0.3 is 5.97 Å². The largest absolute Gasteiger partial charge is 0.486 e. The summed E-state index contributed by atoms with van der Waals surface area (Å²) in [7, 11) is 0. The van der Waals surface area contributed by atoms with Crippen molar-refractivity contribution in [1.29, 1.82) is 0 Å². The van der Waals surface area contributed by atoms with Gasteiger partial charge in [-0.2, -0.15) is 0 Å². The first-order chi connectivity index (χ1) is 16.6. The molecule has 2 unspecified atom stereocenters. The normalized spacial score (nSPS) is 20.7. The van der Waals surface area contributed by atoms with Gasteiger partial charge in [-0.15, -0.1) is 0 Å². The molecule has 0 aliphatic heterocycles. The first-order valence-corrected chi connectivity index (χ1v) is 11.4. The predicted octanol–water partition coefficient (Wildman–Crippen LogP) is 6.40. The first-order valence-electron chi connectivity index (χ1n) is 11.4. The van der Waals surface area contributed by atoms with Crippen LogP contribution >= 0.6 is 0 Å². The quantitative estimate of drug-likeness (QED) is 0.364. The van der Waals surface area contributed by atoms with Crippen LogP contribution in [0.15, 0.2) is 77.7 Å². The Kier molecular flexibility index (Phi) is 4.94. The highest BCUT2D eigenvalue weighted by Gasteiger charge is 2.44. The minimum atomic E-state index is -0.746. The highest BCUT2D eigenvalue weighted by molar-refractivity contribution is 5.83. The molecular formula is C28H22FNO4. The Morgan fingerprint density at radius 1 is 1.03 bits per heavy atom. The predicted molar refractivity (Wildman–Crippen MR) is 124 cm³/mol. The maximum absolute atomic E-state index is 15.0. The molecule has 6 rings (SSSR count). The van der Waals surface area contributed by atoms with Crippen LogP contribution in [0.3, 0.4) is 0 Å². The van der Waals surface area contributed by atoms with Crippen molar-refractivity contribution in [3.8, 4) is 28.2 Å². The van der Waals surface area contributed by atoms with Gasteiger partial charge < -0.3 is 14.3 Å². The van der Waals surface area contributed by atoms with Crippen molar-refractivity contribution in [3.05, 3.63) is 95.8 Å². The number of aliphatic carboxylic acids is 1. The SMILES string of the molecule is O=C(O)C1CC1c1ccc(O[C@@H]2CCc3c(-c4ccccc4-c4cnco4)ccc(F)c32)cc1. The molecule has 5 nitrogen and oxygen atoms in total. The topological polar surface area (TPSA) is 72.6 Å². The number of ether oxygens (including phenoxy) is 1. The minimum absolute atomic E-state index is 0.0724. The molecule has 170 valence electrons. The fourth-order valence-electron chi connectivity index (χ4n) is 5.12. The van der Waals surface area contributed by atoms with Crippen molar-refractivity contribution in [2.75, 3.05) is 0 Å². The Balaban J connectivity index is 1.29. The van der Waals surface area contributed by atoms with Crippen LogP contribution in [0.4, 0.5) is 4.39 Å². The number of aromatic nitrogens is 1. The maximum Gasteiger partial charge on any atom is 0.307 e. The number of nitrogens with zero attached hydrogens (tertiary/aromatic N) is 1. The van der Waals surface area contributed by atoms with Gasteiger partial charge in [0, 0.05) is 11.1 Å². The van der Waals surface area contributed by atoms with Crippen LogP contribution in [0.25, 0.3) is 22.5 Å². The number of rotatable bonds is 6. The van der Waals surface area contributed by atoms with Crippen LogP contribution in [0.5, 0.6) is 5.75 Å². The molecule has 1 N–H and O–H groups in total. The minimum Gasteiger partial charge on any atom is -0.486 e. The number of hydrogen-bond acceptors (Lipinski definition) is 4. The van der Waals surface area contributed by atoms with Crippen molar-refractivity contribution in [3.63, 3.8) is 0 Å². The van der Waals surface area contributed by atoms with Gasteiger partial charge in [-0.3, -0.25) is 4.79 Å². The van der Waals surface area contributed by atoms with Crippen molar-refractivity contribution in [2.45, 2.75) is 31.3 Å². The van der Waals surface area contributed by atoms with Crippen molar-refractivity contribution < 1.29 is 23.4 Å². The monoisotopic (exact) mass is 455 g/mol. The molecule has 3 atom stereocenters. The van der Waals surface area contributed by atoms with Gasteiger partial charge in [0.15, 0.2) is 12.2 Å².